The fourth-order valence-corrected chi connectivity index (χ4v) is 2.85. The zero-order valence-electron chi connectivity index (χ0n) is 12.4. The maximum Gasteiger partial charge on any atom is 0.0753 e. The predicted molar refractivity (Wildman–Crippen MR) is 84.1 cm³/mol. The van der Waals surface area contributed by atoms with Crippen molar-refractivity contribution >= 4 is 0 Å². The Labute approximate surface area is 126 Å². The van der Waals surface area contributed by atoms with E-state index in [1.807, 2.05) is 24.4 Å². The Morgan fingerprint density at radius 1 is 1.14 bits per heavy atom. The lowest BCUT2D eigenvalue weighted by molar-refractivity contribution is -0.0116. The number of nitrogens with zero attached hydrogens (tertiary/aromatic N) is 1. The zero-order chi connectivity index (χ0) is 14.5. The summed E-state index contributed by atoms with van der Waals surface area (Å²) in [5, 5.41) is 3.73. The molecule has 1 N–H and O–H groups in total. The molecule has 1 heterocycles. The first kappa shape index (κ1) is 14.2. The van der Waals surface area contributed by atoms with Crippen molar-refractivity contribution in [3.05, 3.63) is 66.0 Å². The normalized spacial score (nSPS) is 22.5. The van der Waals surface area contributed by atoms with E-state index < -0.39 is 0 Å². The smallest absolute Gasteiger partial charge is 0.0753 e. The molecule has 21 heavy (non-hydrogen) atoms. The van der Waals surface area contributed by atoms with E-state index in [2.05, 4.69) is 47.6 Å². The van der Waals surface area contributed by atoms with Gasteiger partial charge in [-0.05, 0) is 37.5 Å². The van der Waals surface area contributed by atoms with E-state index in [1.165, 1.54) is 5.56 Å². The fourth-order valence-electron chi connectivity index (χ4n) is 2.85. The summed E-state index contributed by atoms with van der Waals surface area (Å²) in [6.45, 7) is 2.86. The molecule has 1 aliphatic carbocycles. The molecule has 110 valence electrons. The number of aromatic nitrogens is 1. The van der Waals surface area contributed by atoms with Crippen molar-refractivity contribution < 1.29 is 4.74 Å². The maximum absolute atomic E-state index is 5.65. The van der Waals surface area contributed by atoms with Gasteiger partial charge in [0, 0.05) is 18.8 Å². The topological polar surface area (TPSA) is 34.1 Å². The number of pyridine rings is 1. The largest absolute Gasteiger partial charge is 0.378 e. The Balaban J connectivity index is 1.72. The molecule has 2 aromatic rings. The van der Waals surface area contributed by atoms with Crippen LogP contribution < -0.4 is 5.32 Å². The third kappa shape index (κ3) is 3.49. The van der Waals surface area contributed by atoms with Crippen LogP contribution in [0.15, 0.2) is 54.7 Å². The minimum Gasteiger partial charge on any atom is -0.378 e. The van der Waals surface area contributed by atoms with Crippen molar-refractivity contribution in [3.63, 3.8) is 0 Å². The Morgan fingerprint density at radius 2 is 1.90 bits per heavy atom. The first-order valence-electron chi connectivity index (χ1n) is 7.70. The van der Waals surface area contributed by atoms with Crippen LogP contribution in [0.3, 0.4) is 0 Å². The van der Waals surface area contributed by atoms with Crippen LogP contribution in [0.5, 0.6) is 0 Å². The minimum atomic E-state index is 0.153. The Morgan fingerprint density at radius 3 is 2.57 bits per heavy atom. The maximum atomic E-state index is 5.65. The monoisotopic (exact) mass is 282 g/mol. The summed E-state index contributed by atoms with van der Waals surface area (Å²) in [5.74, 6) is 0. The van der Waals surface area contributed by atoms with Gasteiger partial charge in [0.1, 0.15) is 0 Å². The first-order chi connectivity index (χ1) is 10.4. The molecule has 1 aliphatic rings. The van der Waals surface area contributed by atoms with Crippen molar-refractivity contribution in [1.82, 2.24) is 10.3 Å². The lowest BCUT2D eigenvalue weighted by Gasteiger charge is -2.38. The molecule has 1 unspecified atom stereocenters. The number of rotatable bonds is 6. The highest BCUT2D eigenvalue weighted by molar-refractivity contribution is 5.28. The molecular formula is C18H22N2O. The third-order valence-corrected chi connectivity index (χ3v) is 4.02. The van der Waals surface area contributed by atoms with Gasteiger partial charge >= 0.3 is 0 Å². The molecule has 0 aliphatic heterocycles. The molecule has 3 nitrogen and oxygen atoms in total. The van der Waals surface area contributed by atoms with Crippen LogP contribution in [0.2, 0.25) is 0 Å². The van der Waals surface area contributed by atoms with Gasteiger partial charge in [-0.15, -0.1) is 0 Å². The standard InChI is InChI=1S/C18H22N2O/c1-2-21-16-12-15(13-16)20-18(14-8-4-3-5-9-14)17-10-6-7-11-19-17/h3-11,15-16,18,20H,2,12-13H2,1H3. The molecule has 3 rings (SSSR count). The molecule has 0 spiro atoms. The Bertz CT molecular complexity index is 498. The van der Waals surface area contributed by atoms with Gasteiger partial charge in [0.05, 0.1) is 17.8 Å². The minimum absolute atomic E-state index is 0.153. The summed E-state index contributed by atoms with van der Waals surface area (Å²) in [6, 6.07) is 17.3. The number of benzene rings is 1. The Hall–Kier alpha value is -1.71. The SMILES string of the molecule is CCOC1CC(NC(c2ccccc2)c2ccccn2)C1. The van der Waals surface area contributed by atoms with Gasteiger partial charge in [-0.2, -0.15) is 0 Å². The van der Waals surface area contributed by atoms with Crippen molar-refractivity contribution in [1.29, 1.82) is 0 Å². The molecule has 0 radical (unpaired) electrons. The van der Waals surface area contributed by atoms with E-state index in [1.54, 1.807) is 0 Å². The summed E-state index contributed by atoms with van der Waals surface area (Å²) < 4.78 is 5.65. The van der Waals surface area contributed by atoms with Crippen LogP contribution in [0.1, 0.15) is 37.1 Å². The molecule has 0 amide bonds. The number of hydrogen-bond acceptors (Lipinski definition) is 3. The molecular weight excluding hydrogens is 260 g/mol. The highest BCUT2D eigenvalue weighted by Crippen LogP contribution is 2.28. The van der Waals surface area contributed by atoms with E-state index in [4.69, 9.17) is 4.74 Å². The van der Waals surface area contributed by atoms with E-state index in [-0.39, 0.29) is 6.04 Å². The van der Waals surface area contributed by atoms with E-state index >= 15 is 0 Å². The summed E-state index contributed by atoms with van der Waals surface area (Å²) in [4.78, 5) is 4.53. The first-order valence-corrected chi connectivity index (χ1v) is 7.70. The second-order valence-corrected chi connectivity index (χ2v) is 5.51. The summed E-state index contributed by atoms with van der Waals surface area (Å²) >= 11 is 0. The lowest BCUT2D eigenvalue weighted by Crippen LogP contribution is -2.47. The summed E-state index contributed by atoms with van der Waals surface area (Å²) in [7, 11) is 0. The second kappa shape index (κ2) is 6.83. The molecule has 1 atom stereocenters. The molecule has 1 aromatic carbocycles. The van der Waals surface area contributed by atoms with Crippen LogP contribution >= 0.6 is 0 Å². The number of nitrogens with one attached hydrogen (secondary N) is 1. The van der Waals surface area contributed by atoms with Crippen LogP contribution in [-0.4, -0.2) is 23.7 Å². The van der Waals surface area contributed by atoms with Gasteiger partial charge in [0.2, 0.25) is 0 Å². The summed E-state index contributed by atoms with van der Waals surface area (Å²) in [6.07, 6.45) is 4.46. The average Bonchev–Trinajstić information content (AvgIpc) is 2.51. The van der Waals surface area contributed by atoms with Gasteiger partial charge in [0.25, 0.3) is 0 Å². The van der Waals surface area contributed by atoms with E-state index in [0.29, 0.717) is 12.1 Å². The van der Waals surface area contributed by atoms with Crippen molar-refractivity contribution in [2.45, 2.75) is 38.0 Å². The third-order valence-electron chi connectivity index (χ3n) is 4.02. The van der Waals surface area contributed by atoms with E-state index in [9.17, 15) is 0 Å². The van der Waals surface area contributed by atoms with Crippen LogP contribution in [0, 0.1) is 0 Å². The molecule has 1 aromatic heterocycles. The van der Waals surface area contributed by atoms with Crippen molar-refractivity contribution in [3.8, 4) is 0 Å². The van der Waals surface area contributed by atoms with Crippen molar-refractivity contribution in [2.75, 3.05) is 6.61 Å². The molecule has 1 saturated carbocycles. The number of hydrogen-bond donors (Lipinski definition) is 1. The Kier molecular flexibility index (Phi) is 4.63. The van der Waals surface area contributed by atoms with Crippen LogP contribution in [-0.2, 0) is 4.74 Å². The summed E-state index contributed by atoms with van der Waals surface area (Å²) in [5.41, 5.74) is 2.33. The quantitative estimate of drug-likeness (QED) is 0.882. The number of ether oxygens (including phenoxy) is 1. The molecule has 0 saturated heterocycles. The molecule has 3 heteroatoms. The highest BCUT2D eigenvalue weighted by atomic mass is 16.5. The van der Waals surface area contributed by atoms with Crippen molar-refractivity contribution in [2.24, 2.45) is 0 Å². The zero-order valence-corrected chi connectivity index (χ0v) is 12.4. The van der Waals surface area contributed by atoms with Gasteiger partial charge < -0.3 is 10.1 Å². The average molecular weight is 282 g/mol. The highest BCUT2D eigenvalue weighted by Gasteiger charge is 2.32. The molecule has 0 bridgehead atoms. The molecule has 1 fully saturated rings. The second-order valence-electron chi connectivity index (χ2n) is 5.51. The van der Waals surface area contributed by atoms with Gasteiger partial charge in [-0.3, -0.25) is 4.98 Å². The predicted octanol–water partition coefficient (Wildman–Crippen LogP) is 3.33. The van der Waals surface area contributed by atoms with Gasteiger partial charge in [-0.25, -0.2) is 0 Å². The van der Waals surface area contributed by atoms with Crippen LogP contribution in [0.25, 0.3) is 0 Å². The lowest BCUT2D eigenvalue weighted by atomic mass is 9.87. The van der Waals surface area contributed by atoms with Crippen LogP contribution in [0.4, 0.5) is 0 Å². The fraction of sp³-hybridized carbons (Fsp3) is 0.389. The van der Waals surface area contributed by atoms with Gasteiger partial charge in [0.15, 0.2) is 0 Å². The van der Waals surface area contributed by atoms with E-state index in [0.717, 1.165) is 25.1 Å². The van der Waals surface area contributed by atoms with Gasteiger partial charge in [-0.1, -0.05) is 36.4 Å².